The zero-order valence-electron chi connectivity index (χ0n) is 15.6. The van der Waals surface area contributed by atoms with Gasteiger partial charge in [0.1, 0.15) is 17.9 Å². The van der Waals surface area contributed by atoms with E-state index in [-0.39, 0.29) is 18.3 Å². The highest BCUT2D eigenvalue weighted by molar-refractivity contribution is 5.94. The minimum Gasteiger partial charge on any atom is -0.439 e. The van der Waals surface area contributed by atoms with Crippen LogP contribution < -0.4 is 15.8 Å². The van der Waals surface area contributed by atoms with E-state index in [0.29, 0.717) is 35.9 Å². The summed E-state index contributed by atoms with van der Waals surface area (Å²) in [7, 11) is 0. The molecule has 0 saturated carbocycles. The Morgan fingerprint density at radius 3 is 2.93 bits per heavy atom. The van der Waals surface area contributed by atoms with Crippen molar-refractivity contribution in [1.29, 1.82) is 0 Å². The van der Waals surface area contributed by atoms with Gasteiger partial charge in [-0.25, -0.2) is 14.4 Å². The van der Waals surface area contributed by atoms with Crippen molar-refractivity contribution in [3.05, 3.63) is 88.6 Å². The van der Waals surface area contributed by atoms with E-state index in [2.05, 4.69) is 15.3 Å². The average Bonchev–Trinajstić information content (AvgIpc) is 3.14. The number of amides is 1. The van der Waals surface area contributed by atoms with Gasteiger partial charge >= 0.3 is 0 Å². The Kier molecular flexibility index (Phi) is 5.31. The van der Waals surface area contributed by atoms with Crippen molar-refractivity contribution in [3.8, 4) is 11.6 Å². The number of carbonyl (C=O) groups is 1. The van der Waals surface area contributed by atoms with Gasteiger partial charge < -0.3 is 15.8 Å². The fourth-order valence-electron chi connectivity index (χ4n) is 3.15. The zero-order chi connectivity index (χ0) is 20.2. The molecule has 3 N–H and O–H groups in total. The number of fused-ring (bicyclic) bond motifs is 1. The van der Waals surface area contributed by atoms with E-state index in [0.717, 1.165) is 16.7 Å². The number of ether oxygens (including phenoxy) is 1. The number of rotatable bonds is 6. The summed E-state index contributed by atoms with van der Waals surface area (Å²) in [4.78, 5) is 20.6. The van der Waals surface area contributed by atoms with Crippen molar-refractivity contribution in [3.63, 3.8) is 0 Å². The van der Waals surface area contributed by atoms with Gasteiger partial charge in [-0.05, 0) is 53.5 Å². The highest BCUT2D eigenvalue weighted by Gasteiger charge is 2.15. The summed E-state index contributed by atoms with van der Waals surface area (Å²) in [5.41, 5.74) is 9.67. The third kappa shape index (κ3) is 4.47. The molecule has 1 aliphatic carbocycles. The second-order valence-electron chi connectivity index (χ2n) is 6.69. The molecule has 1 aromatic heterocycles. The molecule has 0 saturated heterocycles. The molecule has 6 nitrogen and oxygen atoms in total. The van der Waals surface area contributed by atoms with E-state index < -0.39 is 0 Å². The Morgan fingerprint density at radius 2 is 2.07 bits per heavy atom. The second-order valence-corrected chi connectivity index (χ2v) is 6.69. The van der Waals surface area contributed by atoms with Crippen molar-refractivity contribution in [2.24, 2.45) is 5.73 Å². The third-order valence-corrected chi connectivity index (χ3v) is 4.59. The van der Waals surface area contributed by atoms with Gasteiger partial charge in [-0.2, -0.15) is 0 Å². The van der Waals surface area contributed by atoms with Gasteiger partial charge in [0.15, 0.2) is 0 Å². The summed E-state index contributed by atoms with van der Waals surface area (Å²) in [5, 5.41) is 2.90. The molecule has 3 aromatic rings. The third-order valence-electron chi connectivity index (χ3n) is 4.59. The molecule has 0 fully saturated rings. The molecule has 2 aromatic carbocycles. The fraction of sp³-hybridized carbons (Fsp3) is 0.136. The molecule has 29 heavy (non-hydrogen) atoms. The SMILES string of the molecule is NCc1cc(Oc2cccc(C(=O)NCC3=Cc4cc(F)ccc4C3)c2)ncn1. The monoisotopic (exact) mass is 390 g/mol. The van der Waals surface area contributed by atoms with Gasteiger partial charge in [0, 0.05) is 24.7 Å². The summed E-state index contributed by atoms with van der Waals surface area (Å²) in [5.74, 6) is 0.370. The van der Waals surface area contributed by atoms with Crippen LogP contribution in [0.25, 0.3) is 6.08 Å². The van der Waals surface area contributed by atoms with Crippen LogP contribution in [-0.2, 0) is 13.0 Å². The fourth-order valence-corrected chi connectivity index (χ4v) is 3.15. The summed E-state index contributed by atoms with van der Waals surface area (Å²) in [6.45, 7) is 0.680. The standard InChI is InChI=1S/C22H19FN4O2/c23-18-5-4-15-6-14(7-17(15)8-18)12-25-22(28)16-2-1-3-20(9-16)29-21-10-19(11-24)26-13-27-21/h1-5,7-10,13H,6,11-12,24H2,(H,25,28). The molecule has 1 amide bonds. The van der Waals surface area contributed by atoms with Gasteiger partial charge in [-0.15, -0.1) is 0 Å². The van der Waals surface area contributed by atoms with Crippen molar-refractivity contribution in [2.75, 3.05) is 6.54 Å². The zero-order valence-corrected chi connectivity index (χ0v) is 15.6. The minimum atomic E-state index is -0.260. The first-order valence-electron chi connectivity index (χ1n) is 9.16. The van der Waals surface area contributed by atoms with Crippen LogP contribution >= 0.6 is 0 Å². The van der Waals surface area contributed by atoms with E-state index in [4.69, 9.17) is 10.5 Å². The number of nitrogens with one attached hydrogen (secondary N) is 1. The number of nitrogens with zero attached hydrogens (tertiary/aromatic N) is 2. The lowest BCUT2D eigenvalue weighted by Crippen LogP contribution is -2.25. The highest BCUT2D eigenvalue weighted by atomic mass is 19.1. The molecule has 0 unspecified atom stereocenters. The number of hydrogen-bond acceptors (Lipinski definition) is 5. The van der Waals surface area contributed by atoms with Crippen LogP contribution in [0.5, 0.6) is 11.6 Å². The molecule has 0 aliphatic heterocycles. The Morgan fingerprint density at radius 1 is 1.17 bits per heavy atom. The predicted molar refractivity (Wildman–Crippen MR) is 107 cm³/mol. The van der Waals surface area contributed by atoms with Gasteiger partial charge in [0.25, 0.3) is 5.91 Å². The van der Waals surface area contributed by atoms with E-state index in [1.807, 2.05) is 6.08 Å². The normalized spacial score (nSPS) is 12.3. The van der Waals surface area contributed by atoms with E-state index in [1.54, 1.807) is 36.4 Å². The van der Waals surface area contributed by atoms with Gasteiger partial charge in [0.05, 0.1) is 5.69 Å². The Hall–Kier alpha value is -3.58. The van der Waals surface area contributed by atoms with E-state index in [1.165, 1.54) is 18.5 Å². The summed E-state index contributed by atoms with van der Waals surface area (Å²) >= 11 is 0. The van der Waals surface area contributed by atoms with E-state index >= 15 is 0 Å². The Bertz CT molecular complexity index is 1100. The number of hydrogen-bond donors (Lipinski definition) is 2. The highest BCUT2D eigenvalue weighted by Crippen LogP contribution is 2.25. The lowest BCUT2D eigenvalue weighted by atomic mass is 10.1. The Balaban J connectivity index is 1.39. The largest absolute Gasteiger partial charge is 0.439 e. The first-order chi connectivity index (χ1) is 14.1. The lowest BCUT2D eigenvalue weighted by Gasteiger charge is -2.09. The summed E-state index contributed by atoms with van der Waals surface area (Å²) < 4.78 is 19.0. The van der Waals surface area contributed by atoms with Crippen molar-refractivity contribution >= 4 is 12.0 Å². The van der Waals surface area contributed by atoms with Crippen LogP contribution in [0.3, 0.4) is 0 Å². The van der Waals surface area contributed by atoms with Crippen LogP contribution in [0.4, 0.5) is 4.39 Å². The van der Waals surface area contributed by atoms with Crippen LogP contribution in [0.15, 0.2) is 60.4 Å². The molecule has 0 radical (unpaired) electrons. The second kappa shape index (κ2) is 8.20. The molecule has 1 heterocycles. The molecular weight excluding hydrogens is 371 g/mol. The molecule has 0 bridgehead atoms. The molecule has 1 aliphatic rings. The van der Waals surface area contributed by atoms with Gasteiger partial charge in [0.2, 0.25) is 5.88 Å². The van der Waals surface area contributed by atoms with Crippen molar-refractivity contribution in [2.45, 2.75) is 13.0 Å². The molecule has 0 spiro atoms. The number of nitrogens with two attached hydrogens (primary N) is 1. The van der Waals surface area contributed by atoms with Gasteiger partial charge in [-0.3, -0.25) is 4.79 Å². The number of halogens is 1. The van der Waals surface area contributed by atoms with Crippen molar-refractivity contribution in [1.82, 2.24) is 15.3 Å². The number of benzene rings is 2. The predicted octanol–water partition coefficient (Wildman–Crippen LogP) is 3.24. The van der Waals surface area contributed by atoms with Gasteiger partial charge in [-0.1, -0.05) is 18.2 Å². The molecule has 146 valence electrons. The maximum absolute atomic E-state index is 13.3. The van der Waals surface area contributed by atoms with Crippen LogP contribution in [0, 0.1) is 5.82 Å². The smallest absolute Gasteiger partial charge is 0.251 e. The van der Waals surface area contributed by atoms with Crippen molar-refractivity contribution < 1.29 is 13.9 Å². The van der Waals surface area contributed by atoms with Crippen LogP contribution in [0.1, 0.15) is 27.2 Å². The quantitative estimate of drug-likeness (QED) is 0.674. The average molecular weight is 390 g/mol. The number of aromatic nitrogens is 2. The first kappa shape index (κ1) is 18.8. The maximum atomic E-state index is 13.3. The van der Waals surface area contributed by atoms with Crippen LogP contribution in [0.2, 0.25) is 0 Å². The summed E-state index contributed by atoms with van der Waals surface area (Å²) in [6, 6.07) is 13.2. The first-order valence-corrected chi connectivity index (χ1v) is 9.16. The maximum Gasteiger partial charge on any atom is 0.251 e. The number of carbonyl (C=O) groups excluding carboxylic acids is 1. The van der Waals surface area contributed by atoms with E-state index in [9.17, 15) is 9.18 Å². The molecule has 7 heteroatoms. The minimum absolute atomic E-state index is 0.219. The van der Waals surface area contributed by atoms with Crippen LogP contribution in [-0.4, -0.2) is 22.4 Å². The summed E-state index contributed by atoms with van der Waals surface area (Å²) in [6.07, 6.45) is 4.01. The Labute approximate surface area is 167 Å². The molecular formula is C22H19FN4O2. The molecule has 0 atom stereocenters. The topological polar surface area (TPSA) is 90.1 Å². The molecule has 4 rings (SSSR count). The lowest BCUT2D eigenvalue weighted by molar-refractivity contribution is 0.0956.